The first-order chi connectivity index (χ1) is 12.7. The molecule has 1 fully saturated rings. The molecule has 136 valence electrons. The number of para-hydroxylation sites is 2. The fourth-order valence-corrected chi connectivity index (χ4v) is 3.82. The Morgan fingerprint density at radius 3 is 2.73 bits per heavy atom. The molecule has 1 atom stereocenters. The summed E-state index contributed by atoms with van der Waals surface area (Å²) in [5.41, 5.74) is 2.91. The van der Waals surface area contributed by atoms with E-state index in [4.69, 9.17) is 4.42 Å². The zero-order valence-electron chi connectivity index (χ0n) is 15.2. The number of oxazole rings is 1. The van der Waals surface area contributed by atoms with E-state index in [-0.39, 0.29) is 5.76 Å². The molecule has 1 aromatic heterocycles. The second kappa shape index (κ2) is 7.48. The Labute approximate surface area is 153 Å². The quantitative estimate of drug-likeness (QED) is 0.685. The molecule has 2 heterocycles. The lowest BCUT2D eigenvalue weighted by Crippen LogP contribution is -2.37. The summed E-state index contributed by atoms with van der Waals surface area (Å²) in [6.45, 7) is 4.71. The zero-order valence-corrected chi connectivity index (χ0v) is 15.2. The lowest BCUT2D eigenvalue weighted by Gasteiger charge is -2.24. The van der Waals surface area contributed by atoms with Gasteiger partial charge in [-0.1, -0.05) is 42.5 Å². The van der Waals surface area contributed by atoms with Gasteiger partial charge in [0.15, 0.2) is 5.58 Å². The number of hydrogen-bond acceptors (Lipinski definition) is 4. The molecule has 2 aromatic carbocycles. The third-order valence-electron chi connectivity index (χ3n) is 5.37. The van der Waals surface area contributed by atoms with Crippen LogP contribution in [0.15, 0.2) is 63.8 Å². The van der Waals surface area contributed by atoms with E-state index in [9.17, 15) is 4.79 Å². The number of likely N-dealkylation sites (tertiary alicyclic amines) is 1. The topological polar surface area (TPSA) is 41.6 Å². The number of likely N-dealkylation sites (N-methyl/N-ethyl adjacent to an activating group) is 1. The van der Waals surface area contributed by atoms with Crippen LogP contribution < -0.4 is 5.76 Å². The highest BCUT2D eigenvalue weighted by molar-refractivity contribution is 5.72. The SMILES string of the molecule is CN(CCn1c(=O)oc2ccccc21)[C@H]1CCN(Cc2ccccc2)C1. The van der Waals surface area contributed by atoms with Crippen LogP contribution in [-0.2, 0) is 13.1 Å². The molecule has 1 aliphatic heterocycles. The molecule has 0 radical (unpaired) electrons. The first-order valence-corrected chi connectivity index (χ1v) is 9.25. The van der Waals surface area contributed by atoms with E-state index in [1.807, 2.05) is 24.3 Å². The number of nitrogens with zero attached hydrogens (tertiary/aromatic N) is 3. The van der Waals surface area contributed by atoms with Crippen LogP contribution in [0.4, 0.5) is 0 Å². The van der Waals surface area contributed by atoms with Gasteiger partial charge < -0.3 is 9.32 Å². The maximum atomic E-state index is 12.1. The molecule has 0 aliphatic carbocycles. The van der Waals surface area contributed by atoms with Gasteiger partial charge in [0, 0.05) is 38.8 Å². The van der Waals surface area contributed by atoms with Gasteiger partial charge >= 0.3 is 5.76 Å². The van der Waals surface area contributed by atoms with Crippen LogP contribution in [0.1, 0.15) is 12.0 Å². The largest absolute Gasteiger partial charge is 0.419 e. The second-order valence-corrected chi connectivity index (χ2v) is 7.13. The average molecular weight is 351 g/mol. The summed E-state index contributed by atoms with van der Waals surface area (Å²) in [5, 5.41) is 0. The molecule has 4 rings (SSSR count). The molecule has 0 spiro atoms. The van der Waals surface area contributed by atoms with E-state index in [0.717, 1.165) is 31.7 Å². The molecule has 1 aliphatic rings. The van der Waals surface area contributed by atoms with Crippen LogP contribution in [0, 0.1) is 0 Å². The molecule has 3 aromatic rings. The molecule has 0 unspecified atom stereocenters. The third-order valence-corrected chi connectivity index (χ3v) is 5.37. The lowest BCUT2D eigenvalue weighted by atomic mass is 10.2. The van der Waals surface area contributed by atoms with Gasteiger partial charge in [0.25, 0.3) is 0 Å². The third kappa shape index (κ3) is 3.59. The molecule has 5 nitrogen and oxygen atoms in total. The molecule has 1 saturated heterocycles. The summed E-state index contributed by atoms with van der Waals surface area (Å²) in [4.78, 5) is 17.0. The van der Waals surface area contributed by atoms with Gasteiger partial charge in [-0.15, -0.1) is 0 Å². The minimum atomic E-state index is -0.267. The summed E-state index contributed by atoms with van der Waals surface area (Å²) in [7, 11) is 2.16. The van der Waals surface area contributed by atoms with Gasteiger partial charge in [-0.2, -0.15) is 0 Å². The van der Waals surface area contributed by atoms with Crippen molar-refractivity contribution < 1.29 is 4.42 Å². The Balaban J connectivity index is 1.34. The number of rotatable bonds is 6. The van der Waals surface area contributed by atoms with E-state index in [2.05, 4.69) is 47.2 Å². The van der Waals surface area contributed by atoms with Gasteiger partial charge in [-0.25, -0.2) is 4.79 Å². The van der Waals surface area contributed by atoms with Gasteiger partial charge in [-0.05, 0) is 31.2 Å². The highest BCUT2D eigenvalue weighted by atomic mass is 16.4. The van der Waals surface area contributed by atoms with Crippen LogP contribution in [0.2, 0.25) is 0 Å². The van der Waals surface area contributed by atoms with Gasteiger partial charge in [0.1, 0.15) is 0 Å². The van der Waals surface area contributed by atoms with Crippen LogP contribution >= 0.6 is 0 Å². The number of aromatic nitrogens is 1. The zero-order chi connectivity index (χ0) is 17.9. The van der Waals surface area contributed by atoms with Crippen molar-refractivity contribution in [3.8, 4) is 0 Å². The van der Waals surface area contributed by atoms with E-state index >= 15 is 0 Å². The standard InChI is InChI=1S/C21H25N3O2/c1-22(13-14-24-19-9-5-6-10-20(19)26-21(24)25)18-11-12-23(16-18)15-17-7-3-2-4-8-17/h2-10,18H,11-16H2,1H3/t18-/m0/s1. The Bertz CT molecular complexity index is 916. The Morgan fingerprint density at radius 2 is 1.88 bits per heavy atom. The molecular weight excluding hydrogens is 326 g/mol. The number of fused-ring (bicyclic) bond motifs is 1. The maximum absolute atomic E-state index is 12.1. The Morgan fingerprint density at radius 1 is 1.12 bits per heavy atom. The molecule has 0 saturated carbocycles. The lowest BCUT2D eigenvalue weighted by molar-refractivity contribution is 0.221. The summed E-state index contributed by atoms with van der Waals surface area (Å²) < 4.78 is 7.06. The van der Waals surface area contributed by atoms with E-state index < -0.39 is 0 Å². The van der Waals surface area contributed by atoms with Crippen molar-refractivity contribution in [3.63, 3.8) is 0 Å². The highest BCUT2D eigenvalue weighted by Gasteiger charge is 2.25. The number of benzene rings is 2. The first kappa shape index (κ1) is 17.1. The van der Waals surface area contributed by atoms with E-state index in [1.165, 1.54) is 12.0 Å². The summed E-state index contributed by atoms with van der Waals surface area (Å²) in [6, 6.07) is 18.8. The summed E-state index contributed by atoms with van der Waals surface area (Å²) in [6.07, 6.45) is 1.17. The van der Waals surface area contributed by atoms with Crippen molar-refractivity contribution in [2.24, 2.45) is 0 Å². The molecule has 26 heavy (non-hydrogen) atoms. The number of hydrogen-bond donors (Lipinski definition) is 0. The average Bonchev–Trinajstić information content (AvgIpc) is 3.24. The van der Waals surface area contributed by atoms with E-state index in [1.54, 1.807) is 4.57 Å². The van der Waals surface area contributed by atoms with Crippen molar-refractivity contribution in [2.75, 3.05) is 26.7 Å². The summed E-state index contributed by atoms with van der Waals surface area (Å²) >= 11 is 0. The highest BCUT2D eigenvalue weighted by Crippen LogP contribution is 2.18. The van der Waals surface area contributed by atoms with Crippen LogP contribution in [0.5, 0.6) is 0 Å². The molecular formula is C21H25N3O2. The molecule has 0 amide bonds. The minimum absolute atomic E-state index is 0.267. The Hall–Kier alpha value is -2.37. The van der Waals surface area contributed by atoms with E-state index in [0.29, 0.717) is 18.2 Å². The van der Waals surface area contributed by atoms with Crippen molar-refractivity contribution >= 4 is 11.1 Å². The molecule has 5 heteroatoms. The van der Waals surface area contributed by atoms with Crippen molar-refractivity contribution in [1.82, 2.24) is 14.4 Å². The summed E-state index contributed by atoms with van der Waals surface area (Å²) in [5.74, 6) is -0.267. The Kier molecular flexibility index (Phi) is 4.91. The monoisotopic (exact) mass is 351 g/mol. The van der Waals surface area contributed by atoms with Crippen LogP contribution in [0.3, 0.4) is 0 Å². The van der Waals surface area contributed by atoms with Crippen molar-refractivity contribution in [1.29, 1.82) is 0 Å². The van der Waals surface area contributed by atoms with Crippen LogP contribution in [0.25, 0.3) is 11.1 Å². The van der Waals surface area contributed by atoms with Crippen molar-refractivity contribution in [3.05, 3.63) is 70.7 Å². The molecule has 0 N–H and O–H groups in total. The van der Waals surface area contributed by atoms with Gasteiger partial charge in [0.2, 0.25) is 0 Å². The van der Waals surface area contributed by atoms with Gasteiger partial charge in [0.05, 0.1) is 5.52 Å². The van der Waals surface area contributed by atoms with Crippen LogP contribution in [-0.4, -0.2) is 47.1 Å². The second-order valence-electron chi connectivity index (χ2n) is 7.13. The predicted molar refractivity (Wildman–Crippen MR) is 103 cm³/mol. The predicted octanol–water partition coefficient (Wildman–Crippen LogP) is 2.80. The first-order valence-electron chi connectivity index (χ1n) is 9.25. The van der Waals surface area contributed by atoms with Gasteiger partial charge in [-0.3, -0.25) is 9.47 Å². The maximum Gasteiger partial charge on any atom is 0.419 e. The smallest absolute Gasteiger partial charge is 0.408 e. The minimum Gasteiger partial charge on any atom is -0.408 e. The normalized spacial score (nSPS) is 18.2. The molecule has 0 bridgehead atoms. The van der Waals surface area contributed by atoms with Crippen molar-refractivity contribution in [2.45, 2.75) is 25.6 Å². The fraction of sp³-hybridized carbons (Fsp3) is 0.381. The fourth-order valence-electron chi connectivity index (χ4n) is 3.82.